The molecule has 0 N–H and O–H groups in total. The number of fused-ring (bicyclic) bond motifs is 3. The Morgan fingerprint density at radius 3 is 2.39 bits per heavy atom. The molecule has 2 heterocycles. The van der Waals surface area contributed by atoms with Crippen molar-refractivity contribution >= 4 is 0 Å². The van der Waals surface area contributed by atoms with Crippen LogP contribution >= 0.6 is 0 Å². The number of para-hydroxylation sites is 1. The second kappa shape index (κ2) is 3.48. The van der Waals surface area contributed by atoms with Crippen LogP contribution < -0.4 is 0 Å². The van der Waals surface area contributed by atoms with Crippen LogP contribution in [0.15, 0.2) is 42.6 Å². The molecule has 1 aliphatic heterocycles. The molecular weight excluding hydrogens is 222 g/mol. The zero-order valence-corrected chi connectivity index (χ0v) is 11.4. The number of aromatic nitrogens is 1. The summed E-state index contributed by atoms with van der Waals surface area (Å²) in [6.07, 6.45) is 2.11. The zero-order chi connectivity index (χ0) is 13.0. The summed E-state index contributed by atoms with van der Waals surface area (Å²) in [6, 6.07) is 12.7. The smallest absolute Gasteiger partial charge is 0.104 e. The molecule has 18 heavy (non-hydrogen) atoms. The van der Waals surface area contributed by atoms with E-state index in [1.165, 1.54) is 16.9 Å². The topological polar surface area (TPSA) is 14.2 Å². The predicted molar refractivity (Wildman–Crippen MR) is 72.9 cm³/mol. The van der Waals surface area contributed by atoms with Gasteiger partial charge in [0.1, 0.15) is 5.60 Å². The van der Waals surface area contributed by atoms with Gasteiger partial charge in [0.05, 0.1) is 17.0 Å². The Labute approximate surface area is 108 Å². The van der Waals surface area contributed by atoms with Crippen molar-refractivity contribution in [2.45, 2.75) is 38.9 Å². The summed E-state index contributed by atoms with van der Waals surface area (Å²) in [6.45, 7) is 8.54. The van der Waals surface area contributed by atoms with Gasteiger partial charge in [-0.15, -0.1) is 0 Å². The van der Waals surface area contributed by atoms with Gasteiger partial charge in [0.25, 0.3) is 0 Å². The van der Waals surface area contributed by atoms with Crippen molar-refractivity contribution in [1.29, 1.82) is 0 Å². The second-order valence-corrected chi connectivity index (χ2v) is 5.90. The lowest BCUT2D eigenvalue weighted by molar-refractivity contribution is -0.131. The molecule has 0 bridgehead atoms. The lowest BCUT2D eigenvalue weighted by Crippen LogP contribution is -2.32. The third-order valence-electron chi connectivity index (χ3n) is 3.69. The molecule has 0 atom stereocenters. The van der Waals surface area contributed by atoms with E-state index < -0.39 is 0 Å². The first-order chi connectivity index (χ1) is 8.42. The van der Waals surface area contributed by atoms with Crippen LogP contribution in [0, 0.1) is 0 Å². The molecule has 0 spiro atoms. The van der Waals surface area contributed by atoms with Gasteiger partial charge in [0.2, 0.25) is 0 Å². The standard InChI is InChI=1S/C16H19NO/c1-15(2)12-8-5-6-9-13(12)17-11-7-10-14(17)16(3,4)18-15/h5-11H,1-4H3. The Morgan fingerprint density at radius 2 is 1.61 bits per heavy atom. The summed E-state index contributed by atoms with van der Waals surface area (Å²) in [5, 5.41) is 0. The summed E-state index contributed by atoms with van der Waals surface area (Å²) < 4.78 is 8.62. The Balaban J connectivity index is 2.36. The van der Waals surface area contributed by atoms with Crippen LogP contribution in [0.1, 0.15) is 39.0 Å². The SMILES string of the molecule is CC1(C)OC(C)(C)c2cccn2-c2ccccc21. The van der Waals surface area contributed by atoms with Gasteiger partial charge in [-0.1, -0.05) is 18.2 Å². The van der Waals surface area contributed by atoms with E-state index in [0.29, 0.717) is 0 Å². The lowest BCUT2D eigenvalue weighted by Gasteiger charge is -2.34. The van der Waals surface area contributed by atoms with E-state index in [1.807, 2.05) is 0 Å². The van der Waals surface area contributed by atoms with Gasteiger partial charge in [-0.3, -0.25) is 0 Å². The third-order valence-corrected chi connectivity index (χ3v) is 3.69. The second-order valence-electron chi connectivity index (χ2n) is 5.90. The molecule has 2 nitrogen and oxygen atoms in total. The first-order valence-electron chi connectivity index (χ1n) is 6.40. The first kappa shape index (κ1) is 11.5. The summed E-state index contributed by atoms with van der Waals surface area (Å²) in [5.74, 6) is 0. The number of rotatable bonds is 0. The first-order valence-corrected chi connectivity index (χ1v) is 6.40. The summed E-state index contributed by atoms with van der Waals surface area (Å²) in [7, 11) is 0. The fourth-order valence-corrected chi connectivity index (χ4v) is 3.02. The van der Waals surface area contributed by atoms with Crippen molar-refractivity contribution < 1.29 is 4.74 Å². The Bertz CT molecular complexity index is 593. The minimum Gasteiger partial charge on any atom is -0.359 e. The highest BCUT2D eigenvalue weighted by molar-refractivity contribution is 5.48. The maximum Gasteiger partial charge on any atom is 0.104 e. The highest BCUT2D eigenvalue weighted by Crippen LogP contribution is 2.42. The highest BCUT2D eigenvalue weighted by Gasteiger charge is 2.38. The number of benzene rings is 1. The third kappa shape index (κ3) is 1.52. The van der Waals surface area contributed by atoms with E-state index >= 15 is 0 Å². The summed E-state index contributed by atoms with van der Waals surface area (Å²) >= 11 is 0. The molecule has 1 aliphatic rings. The average Bonchev–Trinajstić information content (AvgIpc) is 2.74. The van der Waals surface area contributed by atoms with Gasteiger partial charge < -0.3 is 9.30 Å². The fraction of sp³-hybridized carbons (Fsp3) is 0.375. The monoisotopic (exact) mass is 241 g/mol. The van der Waals surface area contributed by atoms with Gasteiger partial charge in [0.15, 0.2) is 0 Å². The van der Waals surface area contributed by atoms with E-state index in [2.05, 4.69) is 74.9 Å². The van der Waals surface area contributed by atoms with Gasteiger partial charge in [-0.05, 0) is 45.9 Å². The van der Waals surface area contributed by atoms with E-state index in [4.69, 9.17) is 4.74 Å². The van der Waals surface area contributed by atoms with Crippen LogP contribution in [0.3, 0.4) is 0 Å². The molecule has 2 aromatic rings. The zero-order valence-electron chi connectivity index (χ0n) is 11.4. The molecule has 0 radical (unpaired) electrons. The quantitative estimate of drug-likeness (QED) is 0.680. The van der Waals surface area contributed by atoms with Crippen molar-refractivity contribution in [3.63, 3.8) is 0 Å². The van der Waals surface area contributed by atoms with Gasteiger partial charge in [-0.2, -0.15) is 0 Å². The maximum absolute atomic E-state index is 6.38. The lowest BCUT2D eigenvalue weighted by atomic mass is 9.95. The molecule has 0 unspecified atom stereocenters. The normalized spacial score (nSPS) is 19.8. The molecule has 0 aliphatic carbocycles. The van der Waals surface area contributed by atoms with Crippen LogP contribution in [-0.2, 0) is 15.9 Å². The highest BCUT2D eigenvalue weighted by atomic mass is 16.5. The molecular formula is C16H19NO. The number of hydrogen-bond donors (Lipinski definition) is 0. The molecule has 3 rings (SSSR count). The van der Waals surface area contributed by atoms with E-state index in [-0.39, 0.29) is 11.2 Å². The van der Waals surface area contributed by atoms with Gasteiger partial charge in [0, 0.05) is 11.8 Å². The van der Waals surface area contributed by atoms with Gasteiger partial charge in [-0.25, -0.2) is 0 Å². The Kier molecular flexibility index (Phi) is 2.23. The molecule has 0 saturated carbocycles. The van der Waals surface area contributed by atoms with Crippen molar-refractivity contribution in [1.82, 2.24) is 4.57 Å². The average molecular weight is 241 g/mol. The molecule has 1 aromatic carbocycles. The Hall–Kier alpha value is -1.54. The van der Waals surface area contributed by atoms with Crippen LogP contribution in [0.25, 0.3) is 5.69 Å². The van der Waals surface area contributed by atoms with E-state index in [1.54, 1.807) is 0 Å². The van der Waals surface area contributed by atoms with Crippen LogP contribution in [0.4, 0.5) is 0 Å². The molecule has 94 valence electrons. The van der Waals surface area contributed by atoms with Crippen molar-refractivity contribution in [3.8, 4) is 5.69 Å². The predicted octanol–water partition coefficient (Wildman–Crippen LogP) is 3.98. The Morgan fingerprint density at radius 1 is 0.889 bits per heavy atom. The minimum absolute atomic E-state index is 0.293. The maximum atomic E-state index is 6.38. The largest absolute Gasteiger partial charge is 0.359 e. The fourth-order valence-electron chi connectivity index (χ4n) is 3.02. The number of ether oxygens (including phenoxy) is 1. The van der Waals surface area contributed by atoms with Crippen LogP contribution in [-0.4, -0.2) is 4.57 Å². The van der Waals surface area contributed by atoms with Crippen molar-refractivity contribution in [2.24, 2.45) is 0 Å². The number of nitrogens with zero attached hydrogens (tertiary/aromatic N) is 1. The minimum atomic E-state index is -0.300. The summed E-state index contributed by atoms with van der Waals surface area (Å²) in [4.78, 5) is 0. The van der Waals surface area contributed by atoms with Crippen molar-refractivity contribution in [3.05, 3.63) is 53.9 Å². The molecule has 2 heteroatoms. The van der Waals surface area contributed by atoms with E-state index in [0.717, 1.165) is 0 Å². The summed E-state index contributed by atoms with van der Waals surface area (Å²) in [5.41, 5.74) is 3.05. The van der Waals surface area contributed by atoms with Gasteiger partial charge >= 0.3 is 0 Å². The molecule has 0 amide bonds. The molecule has 1 aromatic heterocycles. The van der Waals surface area contributed by atoms with Crippen LogP contribution in [0.2, 0.25) is 0 Å². The van der Waals surface area contributed by atoms with Crippen LogP contribution in [0.5, 0.6) is 0 Å². The van der Waals surface area contributed by atoms with E-state index in [9.17, 15) is 0 Å². The number of hydrogen-bond acceptors (Lipinski definition) is 1. The van der Waals surface area contributed by atoms with Crippen molar-refractivity contribution in [2.75, 3.05) is 0 Å². The molecule has 0 saturated heterocycles. The molecule has 0 fully saturated rings.